The Morgan fingerprint density at radius 3 is 2.78 bits per heavy atom. The zero-order valence-electron chi connectivity index (χ0n) is 14.5. The summed E-state index contributed by atoms with van der Waals surface area (Å²) in [6.45, 7) is 1.82. The van der Waals surface area contributed by atoms with E-state index in [0.29, 0.717) is 16.2 Å². The summed E-state index contributed by atoms with van der Waals surface area (Å²) >= 11 is 5.49. The molecular formula is C20H16N4O2S. The molecule has 27 heavy (non-hydrogen) atoms. The molecule has 4 aromatic rings. The number of rotatable bonds is 4. The average molecular weight is 376 g/mol. The fourth-order valence-electron chi connectivity index (χ4n) is 3.30. The first-order valence-corrected chi connectivity index (χ1v) is 8.78. The van der Waals surface area contributed by atoms with Crippen LogP contribution in [-0.4, -0.2) is 19.9 Å². The molecule has 6 nitrogen and oxygen atoms in total. The van der Waals surface area contributed by atoms with Crippen LogP contribution >= 0.6 is 12.2 Å². The minimum Gasteiger partial charge on any atom is -0.508 e. The summed E-state index contributed by atoms with van der Waals surface area (Å²) in [7, 11) is 0. The Morgan fingerprint density at radius 2 is 1.96 bits per heavy atom. The van der Waals surface area contributed by atoms with Crippen molar-refractivity contribution in [3.63, 3.8) is 0 Å². The third kappa shape index (κ3) is 2.92. The highest BCUT2D eigenvalue weighted by atomic mass is 32.1. The van der Waals surface area contributed by atoms with Crippen molar-refractivity contribution in [1.29, 1.82) is 0 Å². The van der Waals surface area contributed by atoms with E-state index in [4.69, 9.17) is 12.2 Å². The Morgan fingerprint density at radius 1 is 1.19 bits per heavy atom. The summed E-state index contributed by atoms with van der Waals surface area (Å²) < 4.78 is 2.32. The zero-order valence-corrected chi connectivity index (χ0v) is 15.3. The summed E-state index contributed by atoms with van der Waals surface area (Å²) in [6.07, 6.45) is 0. The molecule has 7 heteroatoms. The maximum atomic E-state index is 10.6. The number of nitroso groups, excluding NO2 is 1. The van der Waals surface area contributed by atoms with Crippen LogP contribution in [0.25, 0.3) is 27.8 Å². The monoisotopic (exact) mass is 376 g/mol. The Kier molecular flexibility index (Phi) is 4.29. The average Bonchev–Trinajstić information content (AvgIpc) is 3.05. The largest absolute Gasteiger partial charge is 0.508 e. The Bertz CT molecular complexity index is 1220. The summed E-state index contributed by atoms with van der Waals surface area (Å²) in [6, 6.07) is 17.4. The molecule has 1 heterocycles. The van der Waals surface area contributed by atoms with Crippen molar-refractivity contribution in [2.24, 2.45) is 5.18 Å². The topological polar surface area (TPSA) is 83.3 Å². The number of nitrogens with one attached hydrogen (secondary N) is 1. The second kappa shape index (κ2) is 6.77. The number of phenols is 1. The number of aromatic hydroxyl groups is 1. The molecule has 1 aromatic heterocycles. The number of aromatic nitrogens is 3. The fourth-order valence-corrected chi connectivity index (χ4v) is 3.53. The Balaban J connectivity index is 1.97. The molecule has 0 amide bonds. The van der Waals surface area contributed by atoms with Gasteiger partial charge in [-0.15, -0.1) is 0 Å². The van der Waals surface area contributed by atoms with Crippen LogP contribution in [0.2, 0.25) is 0 Å². The van der Waals surface area contributed by atoms with Gasteiger partial charge in [0.15, 0.2) is 10.6 Å². The number of hydrogen-bond donors (Lipinski definition) is 2. The minimum absolute atomic E-state index is 0.00795. The highest BCUT2D eigenvalue weighted by molar-refractivity contribution is 7.71. The smallest absolute Gasteiger partial charge is 0.200 e. The molecule has 0 aliphatic heterocycles. The molecule has 0 spiro atoms. The van der Waals surface area contributed by atoms with Gasteiger partial charge in [-0.3, -0.25) is 9.67 Å². The predicted octanol–water partition coefficient (Wildman–Crippen LogP) is 5.03. The highest BCUT2D eigenvalue weighted by Crippen LogP contribution is 2.32. The van der Waals surface area contributed by atoms with Gasteiger partial charge in [-0.25, -0.2) is 0 Å². The fraction of sp³-hybridized carbons (Fsp3) is 0.100. The number of fused-ring (bicyclic) bond motifs is 1. The Hall–Kier alpha value is -3.32. The number of phenolic OH excluding ortho intramolecular Hbond substituents is 1. The third-order valence-corrected chi connectivity index (χ3v) is 4.86. The van der Waals surface area contributed by atoms with Crippen LogP contribution in [-0.2, 0) is 6.54 Å². The first-order valence-electron chi connectivity index (χ1n) is 8.37. The molecule has 0 aliphatic rings. The van der Waals surface area contributed by atoms with Crippen molar-refractivity contribution in [2.45, 2.75) is 13.5 Å². The van der Waals surface area contributed by atoms with Crippen LogP contribution in [0.15, 0.2) is 59.8 Å². The molecule has 0 unspecified atom stereocenters. The molecule has 0 fully saturated rings. The molecule has 0 aliphatic carbocycles. The van der Waals surface area contributed by atoms with Crippen molar-refractivity contribution in [1.82, 2.24) is 14.8 Å². The summed E-state index contributed by atoms with van der Waals surface area (Å²) in [5.74, 6) is 0.600. The van der Waals surface area contributed by atoms with Gasteiger partial charge in [-0.2, -0.15) is 10.0 Å². The summed E-state index contributed by atoms with van der Waals surface area (Å²) in [5.41, 5.74) is 2.97. The lowest BCUT2D eigenvalue weighted by Gasteiger charge is -2.13. The third-order valence-electron chi connectivity index (χ3n) is 4.58. The second-order valence-electron chi connectivity index (χ2n) is 6.27. The molecule has 0 bridgehead atoms. The maximum Gasteiger partial charge on any atom is 0.200 e. The predicted molar refractivity (Wildman–Crippen MR) is 108 cm³/mol. The molecule has 134 valence electrons. The van der Waals surface area contributed by atoms with E-state index in [1.165, 1.54) is 0 Å². The first kappa shape index (κ1) is 17.1. The molecule has 4 rings (SSSR count). The van der Waals surface area contributed by atoms with Crippen molar-refractivity contribution >= 4 is 23.0 Å². The van der Waals surface area contributed by atoms with Gasteiger partial charge in [-0.05, 0) is 48.3 Å². The number of aromatic amines is 1. The quantitative estimate of drug-likeness (QED) is 0.386. The number of aryl methyl sites for hydroxylation is 1. The number of hydrogen-bond acceptors (Lipinski definition) is 5. The van der Waals surface area contributed by atoms with Crippen LogP contribution in [0, 0.1) is 16.6 Å². The molecule has 3 aromatic carbocycles. The first-order chi connectivity index (χ1) is 13.1. The molecule has 0 atom stereocenters. The molecule has 0 saturated carbocycles. The van der Waals surface area contributed by atoms with Gasteiger partial charge in [0.25, 0.3) is 0 Å². The van der Waals surface area contributed by atoms with E-state index in [-0.39, 0.29) is 12.3 Å². The van der Waals surface area contributed by atoms with E-state index in [9.17, 15) is 10.0 Å². The van der Waals surface area contributed by atoms with Crippen LogP contribution < -0.4 is 0 Å². The number of H-pyrrole nitrogens is 1. The lowest BCUT2D eigenvalue weighted by molar-refractivity contribution is 0.468. The molecule has 0 saturated heterocycles. The van der Waals surface area contributed by atoms with Gasteiger partial charge in [0, 0.05) is 16.5 Å². The zero-order chi connectivity index (χ0) is 19.0. The van der Waals surface area contributed by atoms with Gasteiger partial charge in [0.05, 0.1) is 5.69 Å². The maximum absolute atomic E-state index is 10.6. The van der Waals surface area contributed by atoms with Gasteiger partial charge >= 0.3 is 0 Å². The highest BCUT2D eigenvalue weighted by Gasteiger charge is 2.17. The van der Waals surface area contributed by atoms with Gasteiger partial charge in [-0.1, -0.05) is 41.6 Å². The van der Waals surface area contributed by atoms with Crippen LogP contribution in [0.5, 0.6) is 5.75 Å². The van der Waals surface area contributed by atoms with Crippen LogP contribution in [0.1, 0.15) is 11.1 Å². The van der Waals surface area contributed by atoms with Crippen LogP contribution in [0.4, 0.5) is 0 Å². The normalized spacial score (nSPS) is 11.0. The summed E-state index contributed by atoms with van der Waals surface area (Å²) in [4.78, 5) is 10.6. The van der Waals surface area contributed by atoms with E-state index in [1.807, 2.05) is 54.0 Å². The lowest BCUT2D eigenvalue weighted by Crippen LogP contribution is -2.00. The van der Waals surface area contributed by atoms with E-state index >= 15 is 0 Å². The number of benzene rings is 3. The van der Waals surface area contributed by atoms with Gasteiger partial charge < -0.3 is 5.11 Å². The van der Waals surface area contributed by atoms with Crippen molar-refractivity contribution in [3.8, 4) is 22.8 Å². The van der Waals surface area contributed by atoms with Gasteiger partial charge in [0.2, 0.25) is 0 Å². The minimum atomic E-state index is -0.0802. The lowest BCUT2D eigenvalue weighted by atomic mass is 10.0. The van der Waals surface area contributed by atoms with E-state index < -0.39 is 0 Å². The van der Waals surface area contributed by atoms with Crippen LogP contribution in [0.3, 0.4) is 0 Å². The number of nitrogens with zero attached hydrogens (tertiary/aromatic N) is 3. The van der Waals surface area contributed by atoms with E-state index in [1.54, 1.807) is 12.1 Å². The van der Waals surface area contributed by atoms with E-state index in [0.717, 1.165) is 27.6 Å². The standard InChI is InChI=1S/C20H16N4O2S/c1-12-9-14(11-21-26)18(25)10-16(12)19-22-23-20(27)24(19)17-8-4-6-13-5-2-3-7-15(13)17/h2-10,25H,11H2,1H3,(H,23,27). The summed E-state index contributed by atoms with van der Waals surface area (Å²) in [5, 5.41) is 22.5. The SMILES string of the molecule is Cc1cc(CN=O)c(O)cc1-c1n[nH]c(=S)n1-c1cccc2ccccc12. The molecule has 0 radical (unpaired) electrons. The van der Waals surface area contributed by atoms with Crippen molar-refractivity contribution in [2.75, 3.05) is 0 Å². The Labute approximate surface area is 160 Å². The molecule has 2 N–H and O–H groups in total. The van der Waals surface area contributed by atoms with Crippen molar-refractivity contribution < 1.29 is 5.11 Å². The van der Waals surface area contributed by atoms with E-state index in [2.05, 4.69) is 15.4 Å². The second-order valence-corrected chi connectivity index (χ2v) is 6.66. The van der Waals surface area contributed by atoms with Gasteiger partial charge in [0.1, 0.15) is 12.3 Å². The van der Waals surface area contributed by atoms with Crippen molar-refractivity contribution in [3.05, 3.63) is 75.4 Å². The molecular weight excluding hydrogens is 360 g/mol.